The standard InChI is InChI=1S/C26H34BrN3O3Si/c1-15(2)34(16(3)4,17(5)6)33-24-11-18(7-10-23(24)28)13-29-14-22-21-12-19(27)8-9-20(21)25(31)30-26(22)32/h7-12,14-17H,13,28H2,1-6H3,(H2,30,31,32). The van der Waals surface area contributed by atoms with Crippen molar-refractivity contribution in [3.05, 3.63) is 62.4 Å². The molecule has 0 bridgehead atoms. The molecule has 0 atom stereocenters. The largest absolute Gasteiger partial charge is 0.541 e. The maximum absolute atomic E-state index is 12.2. The number of aliphatic imine (C=N–C) groups is 1. The number of nitrogens with one attached hydrogen (secondary N) is 1. The highest BCUT2D eigenvalue weighted by Crippen LogP contribution is 2.44. The first-order valence-corrected chi connectivity index (χ1v) is 14.5. The average Bonchev–Trinajstić information content (AvgIpc) is 2.75. The van der Waals surface area contributed by atoms with Gasteiger partial charge in [-0.3, -0.25) is 14.8 Å². The number of hydrogen-bond acceptors (Lipinski definition) is 5. The maximum atomic E-state index is 12.2. The zero-order chi connectivity index (χ0) is 25.2. The Bertz CT molecular complexity index is 1250. The second-order valence-corrected chi connectivity index (χ2v) is 16.0. The molecule has 0 fully saturated rings. The fourth-order valence-electron chi connectivity index (χ4n) is 4.99. The van der Waals surface area contributed by atoms with Crippen LogP contribution >= 0.6 is 15.9 Å². The maximum Gasteiger partial charge on any atom is 0.258 e. The Morgan fingerprint density at radius 1 is 1.06 bits per heavy atom. The van der Waals surface area contributed by atoms with E-state index in [4.69, 9.17) is 10.2 Å². The van der Waals surface area contributed by atoms with Crippen molar-refractivity contribution in [3.8, 4) is 11.6 Å². The van der Waals surface area contributed by atoms with Crippen LogP contribution in [0.5, 0.6) is 11.6 Å². The Kier molecular flexibility index (Phi) is 7.93. The molecule has 34 heavy (non-hydrogen) atoms. The van der Waals surface area contributed by atoms with Crippen LogP contribution in [0.4, 0.5) is 5.69 Å². The lowest BCUT2D eigenvalue weighted by molar-refractivity contribution is 0.452. The number of halogens is 1. The van der Waals surface area contributed by atoms with Gasteiger partial charge in [0.05, 0.1) is 17.8 Å². The van der Waals surface area contributed by atoms with Gasteiger partial charge in [-0.25, -0.2) is 0 Å². The van der Waals surface area contributed by atoms with Crippen molar-refractivity contribution in [2.75, 3.05) is 5.73 Å². The van der Waals surface area contributed by atoms with Gasteiger partial charge < -0.3 is 15.3 Å². The molecule has 0 aliphatic rings. The lowest BCUT2D eigenvalue weighted by atomic mass is 10.1. The molecule has 3 aromatic rings. The van der Waals surface area contributed by atoms with E-state index >= 15 is 0 Å². The van der Waals surface area contributed by atoms with Gasteiger partial charge in [0.15, 0.2) is 0 Å². The van der Waals surface area contributed by atoms with Gasteiger partial charge in [-0.2, -0.15) is 0 Å². The summed E-state index contributed by atoms with van der Waals surface area (Å²) in [5.41, 5.74) is 9.32. The van der Waals surface area contributed by atoms with Gasteiger partial charge in [-0.15, -0.1) is 0 Å². The first kappa shape index (κ1) is 26.0. The van der Waals surface area contributed by atoms with Crippen LogP contribution in [0, 0.1) is 0 Å². The first-order valence-electron chi connectivity index (χ1n) is 11.6. The number of hydrogen-bond donors (Lipinski definition) is 3. The minimum Gasteiger partial charge on any atom is -0.541 e. The van der Waals surface area contributed by atoms with E-state index in [0.717, 1.165) is 15.8 Å². The number of pyridine rings is 1. The molecule has 1 heterocycles. The van der Waals surface area contributed by atoms with E-state index < -0.39 is 8.32 Å². The average molecular weight is 545 g/mol. The van der Waals surface area contributed by atoms with E-state index in [1.807, 2.05) is 18.2 Å². The summed E-state index contributed by atoms with van der Waals surface area (Å²) >= 11 is 3.43. The molecule has 6 nitrogen and oxygen atoms in total. The SMILES string of the molecule is CC(C)[Si](Oc1cc(CN=Cc2c(O)[nH]c(=O)c3ccc(Br)cc23)ccc1N)(C(C)C)C(C)C. The molecule has 0 saturated heterocycles. The topological polar surface area (TPSA) is 101 Å². The third kappa shape index (κ3) is 5.07. The lowest BCUT2D eigenvalue weighted by Gasteiger charge is -2.42. The summed E-state index contributed by atoms with van der Waals surface area (Å²) in [6.45, 7) is 13.9. The molecule has 0 unspecified atom stereocenters. The molecular weight excluding hydrogens is 510 g/mol. The molecule has 0 aliphatic carbocycles. The third-order valence-corrected chi connectivity index (χ3v) is 13.1. The van der Waals surface area contributed by atoms with Gasteiger partial charge in [0.25, 0.3) is 13.9 Å². The van der Waals surface area contributed by atoms with E-state index in [0.29, 0.717) is 45.2 Å². The fraction of sp³-hybridized carbons (Fsp3) is 0.385. The fourth-order valence-corrected chi connectivity index (χ4v) is 10.6. The van der Waals surface area contributed by atoms with Crippen LogP contribution in [-0.4, -0.2) is 24.6 Å². The van der Waals surface area contributed by atoms with Crippen LogP contribution in [0.2, 0.25) is 16.6 Å². The van der Waals surface area contributed by atoms with Gasteiger partial charge in [0.2, 0.25) is 5.88 Å². The highest BCUT2D eigenvalue weighted by atomic mass is 79.9. The number of aromatic nitrogens is 1. The van der Waals surface area contributed by atoms with Gasteiger partial charge in [-0.1, -0.05) is 63.5 Å². The Balaban J connectivity index is 1.93. The molecule has 0 spiro atoms. The van der Waals surface area contributed by atoms with Crippen molar-refractivity contribution < 1.29 is 9.53 Å². The molecule has 1 aromatic heterocycles. The van der Waals surface area contributed by atoms with Crippen molar-refractivity contribution in [3.63, 3.8) is 0 Å². The highest BCUT2D eigenvalue weighted by Gasteiger charge is 2.47. The van der Waals surface area contributed by atoms with Gasteiger partial charge in [-0.05, 0) is 52.5 Å². The summed E-state index contributed by atoms with van der Waals surface area (Å²) in [5.74, 6) is 0.513. The van der Waals surface area contributed by atoms with Gasteiger partial charge in [0, 0.05) is 21.5 Å². The predicted octanol–water partition coefficient (Wildman–Crippen LogP) is 6.75. The van der Waals surface area contributed by atoms with Crippen LogP contribution < -0.4 is 15.7 Å². The summed E-state index contributed by atoms with van der Waals surface area (Å²) in [6.07, 6.45) is 1.59. The van der Waals surface area contributed by atoms with Crippen LogP contribution in [0.15, 0.2) is 50.7 Å². The minimum absolute atomic E-state index is 0.206. The zero-order valence-corrected chi connectivity index (χ0v) is 23.2. The number of nitrogen functional groups attached to an aromatic ring is 1. The van der Waals surface area contributed by atoms with E-state index in [-0.39, 0.29) is 11.4 Å². The van der Waals surface area contributed by atoms with Gasteiger partial charge in [0.1, 0.15) is 5.75 Å². The van der Waals surface area contributed by atoms with Crippen molar-refractivity contribution in [1.29, 1.82) is 0 Å². The first-order chi connectivity index (χ1) is 16.0. The summed E-state index contributed by atoms with van der Waals surface area (Å²) in [4.78, 5) is 19.2. The lowest BCUT2D eigenvalue weighted by Crippen LogP contribution is -2.50. The summed E-state index contributed by atoms with van der Waals surface area (Å²) in [6, 6.07) is 11.1. The number of nitrogens with two attached hydrogens (primary N) is 1. The Hall–Kier alpha value is -2.58. The summed E-state index contributed by atoms with van der Waals surface area (Å²) in [5, 5.41) is 11.5. The molecule has 0 saturated carbocycles. The molecular formula is C26H34BrN3O3Si. The van der Waals surface area contributed by atoms with E-state index in [1.165, 1.54) is 0 Å². The minimum atomic E-state index is -2.15. The number of anilines is 1. The Labute approximate surface area is 210 Å². The molecule has 182 valence electrons. The summed E-state index contributed by atoms with van der Waals surface area (Å²) < 4.78 is 7.62. The van der Waals surface area contributed by atoms with Crippen LogP contribution in [0.25, 0.3) is 10.8 Å². The molecule has 3 rings (SSSR count). The number of fused-ring (bicyclic) bond motifs is 1. The van der Waals surface area contributed by atoms with Crippen molar-refractivity contribution in [2.24, 2.45) is 4.99 Å². The van der Waals surface area contributed by atoms with Crippen LogP contribution in [0.3, 0.4) is 0 Å². The highest BCUT2D eigenvalue weighted by molar-refractivity contribution is 9.10. The Morgan fingerprint density at radius 2 is 1.71 bits per heavy atom. The molecule has 0 radical (unpaired) electrons. The molecule has 8 heteroatoms. The third-order valence-electron chi connectivity index (χ3n) is 6.57. The van der Waals surface area contributed by atoms with Crippen molar-refractivity contribution in [2.45, 2.75) is 64.7 Å². The van der Waals surface area contributed by atoms with Crippen LogP contribution in [-0.2, 0) is 6.54 Å². The number of H-pyrrole nitrogens is 1. The Morgan fingerprint density at radius 3 is 2.32 bits per heavy atom. The molecule has 4 N–H and O–H groups in total. The molecule has 2 aromatic carbocycles. The second kappa shape index (κ2) is 10.4. The molecule has 0 aliphatic heterocycles. The van der Waals surface area contributed by atoms with Crippen LogP contribution in [0.1, 0.15) is 52.7 Å². The van der Waals surface area contributed by atoms with Crippen molar-refractivity contribution in [1.82, 2.24) is 4.98 Å². The number of aromatic amines is 1. The number of nitrogens with zero attached hydrogens (tertiary/aromatic N) is 1. The van der Waals surface area contributed by atoms with E-state index in [2.05, 4.69) is 67.4 Å². The second-order valence-electron chi connectivity index (χ2n) is 9.67. The normalized spacial score (nSPS) is 12.5. The monoisotopic (exact) mass is 543 g/mol. The van der Waals surface area contributed by atoms with E-state index in [1.54, 1.807) is 24.4 Å². The summed E-state index contributed by atoms with van der Waals surface area (Å²) in [7, 11) is -2.15. The number of benzene rings is 2. The smallest absolute Gasteiger partial charge is 0.258 e. The number of aromatic hydroxyl groups is 1. The van der Waals surface area contributed by atoms with Gasteiger partial charge >= 0.3 is 0 Å². The van der Waals surface area contributed by atoms with Crippen molar-refractivity contribution >= 4 is 46.9 Å². The van der Waals surface area contributed by atoms with E-state index in [9.17, 15) is 9.90 Å². The number of rotatable bonds is 8. The quantitative estimate of drug-likeness (QED) is 0.166. The predicted molar refractivity (Wildman–Crippen MR) is 148 cm³/mol. The zero-order valence-electron chi connectivity index (χ0n) is 20.6. The molecule has 0 amide bonds.